The van der Waals surface area contributed by atoms with Crippen molar-refractivity contribution in [2.45, 2.75) is 19.2 Å². The van der Waals surface area contributed by atoms with E-state index in [9.17, 15) is 4.79 Å². The van der Waals surface area contributed by atoms with E-state index in [-0.39, 0.29) is 11.4 Å². The summed E-state index contributed by atoms with van der Waals surface area (Å²) in [7, 11) is 3.24. The summed E-state index contributed by atoms with van der Waals surface area (Å²) >= 11 is 1.75. The highest BCUT2D eigenvalue weighted by atomic mass is 32.2. The van der Waals surface area contributed by atoms with Crippen LogP contribution in [0.25, 0.3) is 0 Å². The molecular weight excluding hydrogens is 348 g/mol. The lowest BCUT2D eigenvalue weighted by atomic mass is 10.1. The summed E-state index contributed by atoms with van der Waals surface area (Å²) in [6, 6.07) is 11.8. The maximum Gasteiger partial charge on any atom is 0.323 e. The molecule has 138 valence electrons. The van der Waals surface area contributed by atoms with E-state index in [4.69, 9.17) is 9.47 Å². The molecule has 1 aliphatic rings. The lowest BCUT2D eigenvalue weighted by Crippen LogP contribution is -2.34. The fourth-order valence-corrected chi connectivity index (χ4v) is 4.35. The predicted octanol–water partition coefficient (Wildman–Crippen LogP) is 4.60. The van der Waals surface area contributed by atoms with Gasteiger partial charge in [-0.15, -0.1) is 11.8 Å². The van der Waals surface area contributed by atoms with Crippen molar-refractivity contribution >= 4 is 23.5 Å². The van der Waals surface area contributed by atoms with Crippen molar-refractivity contribution in [2.75, 3.05) is 31.8 Å². The zero-order valence-electron chi connectivity index (χ0n) is 15.5. The number of carbonyl (C=O) groups is 1. The van der Waals surface area contributed by atoms with Crippen molar-refractivity contribution in [3.63, 3.8) is 0 Å². The Morgan fingerprint density at radius 3 is 2.58 bits per heavy atom. The highest BCUT2D eigenvalue weighted by Gasteiger charge is 2.31. The third kappa shape index (κ3) is 3.75. The van der Waals surface area contributed by atoms with Crippen molar-refractivity contribution in [1.29, 1.82) is 0 Å². The third-order valence-corrected chi connectivity index (χ3v) is 5.73. The Labute approximate surface area is 158 Å². The monoisotopic (exact) mass is 372 g/mol. The molecule has 0 radical (unpaired) electrons. The van der Waals surface area contributed by atoms with Crippen LogP contribution in [0.4, 0.5) is 10.5 Å². The molecule has 1 saturated heterocycles. The zero-order chi connectivity index (χ0) is 18.7. The smallest absolute Gasteiger partial charge is 0.323 e. The van der Waals surface area contributed by atoms with Crippen LogP contribution in [0.3, 0.4) is 0 Å². The molecular formula is C20H24N2O3S. The molecule has 2 aromatic carbocycles. The zero-order valence-corrected chi connectivity index (χ0v) is 16.4. The molecule has 26 heavy (non-hydrogen) atoms. The van der Waals surface area contributed by atoms with Crippen molar-refractivity contribution in [2.24, 2.45) is 0 Å². The molecule has 1 fully saturated rings. The van der Waals surface area contributed by atoms with E-state index in [1.165, 1.54) is 5.56 Å². The van der Waals surface area contributed by atoms with Crippen LogP contribution in [-0.4, -0.2) is 37.4 Å². The van der Waals surface area contributed by atoms with Gasteiger partial charge in [-0.05, 0) is 43.2 Å². The normalized spacial score (nSPS) is 16.5. The summed E-state index contributed by atoms with van der Waals surface area (Å²) in [5.74, 6) is 2.26. The number of urea groups is 1. The van der Waals surface area contributed by atoms with Gasteiger partial charge >= 0.3 is 6.03 Å². The number of anilines is 1. The number of hydrogen-bond acceptors (Lipinski definition) is 4. The minimum Gasteiger partial charge on any atom is -0.493 e. The quantitative estimate of drug-likeness (QED) is 0.852. The predicted molar refractivity (Wildman–Crippen MR) is 106 cm³/mol. The van der Waals surface area contributed by atoms with E-state index in [1.807, 2.05) is 49.1 Å². The van der Waals surface area contributed by atoms with Gasteiger partial charge in [-0.3, -0.25) is 0 Å². The first-order valence-electron chi connectivity index (χ1n) is 8.52. The molecule has 1 aliphatic heterocycles. The third-order valence-electron chi connectivity index (χ3n) is 4.47. The van der Waals surface area contributed by atoms with Gasteiger partial charge in [-0.2, -0.15) is 0 Å². The molecule has 0 aromatic heterocycles. The second-order valence-corrected chi connectivity index (χ2v) is 7.47. The van der Waals surface area contributed by atoms with E-state index in [2.05, 4.69) is 11.4 Å². The molecule has 2 amide bonds. The van der Waals surface area contributed by atoms with Crippen LogP contribution in [0.15, 0.2) is 36.4 Å². The first-order chi connectivity index (χ1) is 12.5. The largest absolute Gasteiger partial charge is 0.493 e. The van der Waals surface area contributed by atoms with E-state index in [0.29, 0.717) is 18.0 Å². The van der Waals surface area contributed by atoms with Gasteiger partial charge < -0.3 is 19.7 Å². The number of nitrogens with zero attached hydrogens (tertiary/aromatic N) is 1. The van der Waals surface area contributed by atoms with Gasteiger partial charge in [0.25, 0.3) is 0 Å². The highest BCUT2D eigenvalue weighted by molar-refractivity contribution is 7.99. The number of methoxy groups -OCH3 is 2. The number of rotatable bonds is 4. The minimum atomic E-state index is -0.0817. The molecule has 1 N–H and O–H groups in total. The van der Waals surface area contributed by atoms with Crippen LogP contribution >= 0.6 is 11.8 Å². The van der Waals surface area contributed by atoms with Crippen molar-refractivity contribution < 1.29 is 14.3 Å². The molecule has 5 nitrogen and oxygen atoms in total. The second-order valence-electron chi connectivity index (χ2n) is 6.28. The van der Waals surface area contributed by atoms with E-state index in [0.717, 1.165) is 22.6 Å². The lowest BCUT2D eigenvalue weighted by Gasteiger charge is -2.25. The van der Waals surface area contributed by atoms with Crippen molar-refractivity contribution in [1.82, 2.24) is 4.90 Å². The lowest BCUT2D eigenvalue weighted by molar-refractivity contribution is 0.214. The van der Waals surface area contributed by atoms with E-state index in [1.54, 1.807) is 26.0 Å². The van der Waals surface area contributed by atoms with Crippen LogP contribution in [0.1, 0.15) is 22.1 Å². The molecule has 1 heterocycles. The maximum atomic E-state index is 12.9. The Kier molecular flexibility index (Phi) is 5.61. The SMILES string of the molecule is COc1ccc(C2SCCN2C(=O)Nc2ccc(C)cc2C)cc1OC. The second kappa shape index (κ2) is 7.91. The summed E-state index contributed by atoms with van der Waals surface area (Å²) in [6.45, 7) is 4.76. The Morgan fingerprint density at radius 2 is 1.88 bits per heavy atom. The Balaban J connectivity index is 1.80. The van der Waals surface area contributed by atoms with Crippen molar-refractivity contribution in [3.8, 4) is 11.5 Å². The van der Waals surface area contributed by atoms with Gasteiger partial charge in [-0.25, -0.2) is 4.79 Å². The highest BCUT2D eigenvalue weighted by Crippen LogP contribution is 2.41. The average Bonchev–Trinajstić information content (AvgIpc) is 3.13. The Morgan fingerprint density at radius 1 is 1.12 bits per heavy atom. The van der Waals surface area contributed by atoms with E-state index >= 15 is 0 Å². The molecule has 1 unspecified atom stereocenters. The minimum absolute atomic E-state index is 0.0411. The van der Waals surface area contributed by atoms with Crippen LogP contribution in [0.5, 0.6) is 11.5 Å². The summed E-state index contributed by atoms with van der Waals surface area (Å²) in [5.41, 5.74) is 4.12. The fraction of sp³-hybridized carbons (Fsp3) is 0.350. The molecule has 2 aromatic rings. The number of carbonyl (C=O) groups excluding carboxylic acids is 1. The van der Waals surface area contributed by atoms with Gasteiger partial charge in [0.05, 0.1) is 14.2 Å². The fourth-order valence-electron chi connectivity index (χ4n) is 3.10. The van der Waals surface area contributed by atoms with Gasteiger partial charge in [0.15, 0.2) is 11.5 Å². The number of hydrogen-bond donors (Lipinski definition) is 1. The first kappa shape index (κ1) is 18.5. The molecule has 6 heteroatoms. The summed E-state index contributed by atoms with van der Waals surface area (Å²) in [4.78, 5) is 14.7. The average molecular weight is 372 g/mol. The first-order valence-corrected chi connectivity index (χ1v) is 9.56. The van der Waals surface area contributed by atoms with Crippen LogP contribution in [-0.2, 0) is 0 Å². The topological polar surface area (TPSA) is 50.8 Å². The molecule has 0 bridgehead atoms. The number of aryl methyl sites for hydroxylation is 2. The number of thioether (sulfide) groups is 1. The Bertz CT molecular complexity index is 810. The van der Waals surface area contributed by atoms with Crippen molar-refractivity contribution in [3.05, 3.63) is 53.1 Å². The summed E-state index contributed by atoms with van der Waals surface area (Å²) < 4.78 is 10.7. The summed E-state index contributed by atoms with van der Waals surface area (Å²) in [5, 5.41) is 3.01. The van der Waals surface area contributed by atoms with E-state index < -0.39 is 0 Å². The molecule has 3 rings (SSSR count). The molecule has 0 saturated carbocycles. The van der Waals surface area contributed by atoms with Crippen LogP contribution in [0.2, 0.25) is 0 Å². The van der Waals surface area contributed by atoms with Gasteiger partial charge in [-0.1, -0.05) is 23.8 Å². The molecule has 0 spiro atoms. The molecule has 0 aliphatic carbocycles. The van der Waals surface area contributed by atoms with Gasteiger partial charge in [0.2, 0.25) is 0 Å². The maximum absolute atomic E-state index is 12.9. The van der Waals surface area contributed by atoms with Gasteiger partial charge in [0, 0.05) is 18.0 Å². The standard InChI is InChI=1S/C20H24N2O3S/c1-13-5-7-16(14(2)11-13)21-20(23)22-9-10-26-19(22)15-6-8-17(24-3)18(12-15)25-4/h5-8,11-12,19H,9-10H2,1-4H3,(H,21,23). The molecule has 1 atom stereocenters. The van der Waals surface area contributed by atoms with Crippen LogP contribution < -0.4 is 14.8 Å². The van der Waals surface area contributed by atoms with Gasteiger partial charge in [0.1, 0.15) is 5.37 Å². The Hall–Kier alpha value is -2.34. The number of nitrogens with one attached hydrogen (secondary N) is 1. The summed E-state index contributed by atoms with van der Waals surface area (Å²) in [6.07, 6.45) is 0. The number of benzene rings is 2. The number of amides is 2. The number of ether oxygens (including phenoxy) is 2. The van der Waals surface area contributed by atoms with Crippen LogP contribution in [0, 0.1) is 13.8 Å².